The number of para-hydroxylation sites is 1. The molecular weight excluding hydrogens is 475 g/mol. The van der Waals surface area contributed by atoms with Gasteiger partial charge in [0, 0.05) is 21.9 Å². The van der Waals surface area contributed by atoms with Crippen LogP contribution in [0.1, 0.15) is 10.4 Å². The van der Waals surface area contributed by atoms with Crippen molar-refractivity contribution in [3.8, 4) is 0 Å². The molecule has 0 aromatic heterocycles. The molecule has 0 saturated carbocycles. The van der Waals surface area contributed by atoms with Crippen LogP contribution in [0.15, 0.2) is 83.8 Å². The number of sulfonamides is 1. The third kappa shape index (κ3) is 4.48. The maximum Gasteiger partial charge on any atom is 0.264 e. The molecule has 3 rings (SSSR count). The summed E-state index contributed by atoms with van der Waals surface area (Å²) in [6.45, 7) is 0. The highest BCUT2D eigenvalue weighted by atomic mass is 127. The van der Waals surface area contributed by atoms with Crippen molar-refractivity contribution >= 4 is 49.9 Å². The summed E-state index contributed by atoms with van der Waals surface area (Å²) in [4.78, 5) is 12.5. The number of hydrogen-bond acceptors (Lipinski definition) is 3. The molecule has 0 aliphatic rings. The molecule has 5 nitrogen and oxygen atoms in total. The lowest BCUT2D eigenvalue weighted by atomic mass is 10.2. The molecule has 0 aliphatic heterocycles. The smallest absolute Gasteiger partial charge is 0.264 e. The Bertz CT molecular complexity index is 1050. The minimum atomic E-state index is -3.68. The fraction of sp³-hybridized carbons (Fsp3) is 0.0500. The van der Waals surface area contributed by atoms with Crippen molar-refractivity contribution in [1.82, 2.24) is 0 Å². The first-order valence-corrected chi connectivity index (χ1v) is 10.6. The van der Waals surface area contributed by atoms with Crippen LogP contribution in [0.5, 0.6) is 0 Å². The monoisotopic (exact) mass is 492 g/mol. The number of benzene rings is 3. The second kappa shape index (κ2) is 8.10. The van der Waals surface area contributed by atoms with E-state index >= 15 is 0 Å². The third-order valence-corrected chi connectivity index (χ3v) is 6.45. The maximum atomic E-state index is 12.8. The summed E-state index contributed by atoms with van der Waals surface area (Å²) in [5.74, 6) is -0.245. The molecule has 27 heavy (non-hydrogen) atoms. The number of carbonyl (C=O) groups is 1. The molecule has 0 heterocycles. The molecular formula is C20H17IN2O3S. The van der Waals surface area contributed by atoms with Gasteiger partial charge in [-0.3, -0.25) is 9.10 Å². The van der Waals surface area contributed by atoms with Crippen molar-refractivity contribution in [2.45, 2.75) is 4.90 Å². The van der Waals surface area contributed by atoms with Crippen LogP contribution in [0.4, 0.5) is 11.4 Å². The van der Waals surface area contributed by atoms with Crippen LogP contribution in [0.25, 0.3) is 0 Å². The molecule has 0 fully saturated rings. The first kappa shape index (κ1) is 19.4. The number of rotatable bonds is 5. The van der Waals surface area contributed by atoms with Gasteiger partial charge in [-0.25, -0.2) is 8.42 Å². The summed E-state index contributed by atoms with van der Waals surface area (Å²) in [5, 5.41) is 2.77. The topological polar surface area (TPSA) is 66.5 Å². The van der Waals surface area contributed by atoms with Gasteiger partial charge in [0.25, 0.3) is 15.9 Å². The largest absolute Gasteiger partial charge is 0.322 e. The lowest BCUT2D eigenvalue weighted by Gasteiger charge is -2.19. The summed E-state index contributed by atoms with van der Waals surface area (Å²) < 4.78 is 27.7. The summed E-state index contributed by atoms with van der Waals surface area (Å²) in [6.07, 6.45) is 0. The van der Waals surface area contributed by atoms with Crippen molar-refractivity contribution in [2.75, 3.05) is 16.7 Å². The van der Waals surface area contributed by atoms with Gasteiger partial charge in [-0.15, -0.1) is 0 Å². The van der Waals surface area contributed by atoms with Crippen LogP contribution in [-0.2, 0) is 10.0 Å². The van der Waals surface area contributed by atoms with Crippen LogP contribution >= 0.6 is 22.6 Å². The zero-order chi connectivity index (χ0) is 19.4. The summed E-state index contributed by atoms with van der Waals surface area (Å²) in [5.41, 5.74) is 1.65. The molecule has 0 aliphatic carbocycles. The highest BCUT2D eigenvalue weighted by Gasteiger charge is 2.21. The number of carbonyl (C=O) groups excluding carboxylic acids is 1. The van der Waals surface area contributed by atoms with Gasteiger partial charge in [0.15, 0.2) is 0 Å². The van der Waals surface area contributed by atoms with Gasteiger partial charge >= 0.3 is 0 Å². The molecule has 0 saturated heterocycles. The van der Waals surface area contributed by atoms with E-state index in [4.69, 9.17) is 0 Å². The molecule has 0 atom stereocenters. The van der Waals surface area contributed by atoms with Gasteiger partial charge in [-0.05, 0) is 77.2 Å². The van der Waals surface area contributed by atoms with Crippen molar-refractivity contribution < 1.29 is 13.2 Å². The number of hydrogen-bond donors (Lipinski definition) is 1. The van der Waals surface area contributed by atoms with E-state index in [-0.39, 0.29) is 10.8 Å². The molecule has 0 spiro atoms. The van der Waals surface area contributed by atoms with Gasteiger partial charge in [-0.2, -0.15) is 0 Å². The van der Waals surface area contributed by atoms with Gasteiger partial charge < -0.3 is 5.32 Å². The van der Waals surface area contributed by atoms with Crippen molar-refractivity contribution in [3.05, 3.63) is 88.0 Å². The molecule has 138 valence electrons. The second-order valence-corrected chi connectivity index (χ2v) is 9.01. The number of nitrogens with zero attached hydrogens (tertiary/aromatic N) is 1. The molecule has 3 aromatic carbocycles. The van der Waals surface area contributed by atoms with Crippen molar-refractivity contribution in [1.29, 1.82) is 0 Å². The Morgan fingerprint density at radius 1 is 0.926 bits per heavy atom. The third-order valence-electron chi connectivity index (χ3n) is 3.98. The molecule has 3 aromatic rings. The average molecular weight is 492 g/mol. The minimum absolute atomic E-state index is 0.154. The lowest BCUT2D eigenvalue weighted by molar-refractivity contribution is 0.102. The highest BCUT2D eigenvalue weighted by molar-refractivity contribution is 14.1. The van der Waals surface area contributed by atoms with E-state index in [0.717, 1.165) is 3.57 Å². The van der Waals surface area contributed by atoms with Gasteiger partial charge in [-0.1, -0.05) is 24.3 Å². The zero-order valence-electron chi connectivity index (χ0n) is 14.5. The van der Waals surface area contributed by atoms with Gasteiger partial charge in [0.05, 0.1) is 10.6 Å². The number of amides is 1. The first-order valence-electron chi connectivity index (χ1n) is 8.09. The standard InChI is InChI=1S/C20H17IN2O3S/c1-23(18-8-3-2-4-9-18)27(25,26)19-12-10-17(11-13-19)22-20(24)15-6-5-7-16(21)14-15/h2-14H,1H3,(H,22,24). The second-order valence-electron chi connectivity index (χ2n) is 5.80. The lowest BCUT2D eigenvalue weighted by Crippen LogP contribution is -2.26. The average Bonchev–Trinajstić information content (AvgIpc) is 2.68. The first-order chi connectivity index (χ1) is 12.9. The van der Waals surface area contributed by atoms with Crippen LogP contribution in [0.3, 0.4) is 0 Å². The fourth-order valence-electron chi connectivity index (χ4n) is 2.48. The normalized spacial score (nSPS) is 11.0. The van der Waals surface area contributed by atoms with E-state index in [0.29, 0.717) is 16.9 Å². The minimum Gasteiger partial charge on any atom is -0.322 e. The van der Waals surface area contributed by atoms with Crippen LogP contribution < -0.4 is 9.62 Å². The number of anilines is 2. The summed E-state index contributed by atoms with van der Waals surface area (Å²) in [6, 6.07) is 22.2. The van der Waals surface area contributed by atoms with Gasteiger partial charge in [0.2, 0.25) is 0 Å². The molecule has 1 amide bonds. The van der Waals surface area contributed by atoms with Crippen LogP contribution in [0, 0.1) is 3.57 Å². The Morgan fingerprint density at radius 3 is 2.22 bits per heavy atom. The number of halogens is 1. The molecule has 0 radical (unpaired) electrons. The van der Waals surface area contributed by atoms with Gasteiger partial charge in [0.1, 0.15) is 0 Å². The zero-order valence-corrected chi connectivity index (χ0v) is 17.4. The van der Waals surface area contributed by atoms with E-state index < -0.39 is 10.0 Å². The van der Waals surface area contributed by atoms with Crippen LogP contribution in [0.2, 0.25) is 0 Å². The van der Waals surface area contributed by atoms with E-state index in [1.54, 1.807) is 48.5 Å². The van der Waals surface area contributed by atoms with E-state index in [9.17, 15) is 13.2 Å². The SMILES string of the molecule is CN(c1ccccc1)S(=O)(=O)c1ccc(NC(=O)c2cccc(I)c2)cc1. The van der Waals surface area contributed by atoms with E-state index in [1.807, 2.05) is 18.2 Å². The Kier molecular flexibility index (Phi) is 5.81. The summed E-state index contributed by atoms with van der Waals surface area (Å²) in [7, 11) is -2.16. The fourth-order valence-corrected chi connectivity index (χ4v) is 4.22. The Hall–Kier alpha value is -2.39. The quantitative estimate of drug-likeness (QED) is 0.539. The maximum absolute atomic E-state index is 12.8. The molecule has 1 N–H and O–H groups in total. The predicted octanol–water partition coefficient (Wildman–Crippen LogP) is 4.37. The predicted molar refractivity (Wildman–Crippen MR) is 116 cm³/mol. The molecule has 7 heteroatoms. The Balaban J connectivity index is 1.77. The summed E-state index contributed by atoms with van der Waals surface area (Å²) >= 11 is 2.14. The molecule has 0 unspecified atom stereocenters. The van der Waals surface area contributed by atoms with Crippen LogP contribution in [-0.4, -0.2) is 21.4 Å². The Morgan fingerprint density at radius 2 is 1.59 bits per heavy atom. The van der Waals surface area contributed by atoms with Crippen molar-refractivity contribution in [3.63, 3.8) is 0 Å². The van der Waals surface area contributed by atoms with E-state index in [1.165, 1.54) is 23.5 Å². The molecule has 0 bridgehead atoms. The highest BCUT2D eigenvalue weighted by Crippen LogP contribution is 2.23. The number of nitrogens with one attached hydrogen (secondary N) is 1. The van der Waals surface area contributed by atoms with Crippen molar-refractivity contribution in [2.24, 2.45) is 0 Å². The van der Waals surface area contributed by atoms with E-state index in [2.05, 4.69) is 27.9 Å². The Labute approximate surface area is 172 Å².